The van der Waals surface area contributed by atoms with Crippen LogP contribution < -0.4 is 10.6 Å². The predicted octanol–water partition coefficient (Wildman–Crippen LogP) is 1.81. The Morgan fingerprint density at radius 1 is 1.52 bits per heavy atom. The molecule has 1 aromatic heterocycles. The van der Waals surface area contributed by atoms with Gasteiger partial charge in [0.05, 0.1) is 12.2 Å². The maximum absolute atomic E-state index is 12.1. The lowest BCUT2D eigenvalue weighted by Crippen LogP contribution is -2.47. The molecule has 1 aliphatic rings. The van der Waals surface area contributed by atoms with Gasteiger partial charge in [-0.15, -0.1) is 0 Å². The second-order valence-corrected chi connectivity index (χ2v) is 6.00. The van der Waals surface area contributed by atoms with Gasteiger partial charge in [-0.3, -0.25) is 15.0 Å². The Morgan fingerprint density at radius 2 is 2.33 bits per heavy atom. The number of anilines is 1. The van der Waals surface area contributed by atoms with Crippen molar-refractivity contribution in [1.82, 2.24) is 15.4 Å². The lowest BCUT2D eigenvalue weighted by molar-refractivity contribution is -0.118. The lowest BCUT2D eigenvalue weighted by atomic mass is 10.0. The molecular formula is C15H26N4O2. The molecule has 6 nitrogen and oxygen atoms in total. The third-order valence-corrected chi connectivity index (χ3v) is 3.92. The van der Waals surface area contributed by atoms with Gasteiger partial charge in [0.1, 0.15) is 0 Å². The van der Waals surface area contributed by atoms with Crippen LogP contribution in [0.3, 0.4) is 0 Å². The van der Waals surface area contributed by atoms with Crippen molar-refractivity contribution in [1.29, 1.82) is 0 Å². The van der Waals surface area contributed by atoms with Crippen molar-refractivity contribution in [2.75, 3.05) is 32.0 Å². The Morgan fingerprint density at radius 3 is 3.00 bits per heavy atom. The number of aromatic nitrogens is 1. The van der Waals surface area contributed by atoms with Crippen LogP contribution in [0.15, 0.2) is 10.6 Å². The van der Waals surface area contributed by atoms with Crippen molar-refractivity contribution in [3.8, 4) is 0 Å². The number of nitrogens with one attached hydrogen (secondary N) is 2. The fraction of sp³-hybridized carbons (Fsp3) is 0.733. The molecule has 118 valence electrons. The third kappa shape index (κ3) is 4.54. The first-order valence-electron chi connectivity index (χ1n) is 7.75. The molecule has 2 N–H and O–H groups in total. The fourth-order valence-corrected chi connectivity index (χ4v) is 2.72. The van der Waals surface area contributed by atoms with Crippen LogP contribution in [0.2, 0.25) is 0 Å². The van der Waals surface area contributed by atoms with Crippen LogP contribution in [0.25, 0.3) is 0 Å². The molecule has 21 heavy (non-hydrogen) atoms. The average molecular weight is 294 g/mol. The van der Waals surface area contributed by atoms with E-state index in [-0.39, 0.29) is 5.91 Å². The van der Waals surface area contributed by atoms with Gasteiger partial charge in [-0.05, 0) is 32.4 Å². The first-order valence-corrected chi connectivity index (χ1v) is 7.75. The van der Waals surface area contributed by atoms with E-state index in [1.165, 1.54) is 6.42 Å². The van der Waals surface area contributed by atoms with E-state index in [1.54, 1.807) is 6.07 Å². The van der Waals surface area contributed by atoms with Gasteiger partial charge >= 0.3 is 0 Å². The molecule has 0 bridgehead atoms. The van der Waals surface area contributed by atoms with Crippen LogP contribution in [0.1, 0.15) is 44.7 Å². The normalized spacial score (nSPS) is 19.9. The minimum Gasteiger partial charge on any atom is -0.338 e. The highest BCUT2D eigenvalue weighted by molar-refractivity contribution is 5.91. The molecule has 0 spiro atoms. The summed E-state index contributed by atoms with van der Waals surface area (Å²) in [5.74, 6) is 0.692. The molecular weight excluding hydrogens is 268 g/mol. The molecule has 6 heteroatoms. The standard InChI is InChI=1S/C15H26N4O2/c1-11(2)13-8-15(21-18-13)17-14(20)10-19-7-5-4-6-12(19)9-16-3/h8,11-12,16H,4-7,9-10H2,1-3H3,(H,17,20). The zero-order valence-electron chi connectivity index (χ0n) is 13.2. The number of likely N-dealkylation sites (tertiary alicyclic amines) is 1. The monoisotopic (exact) mass is 294 g/mol. The first-order chi connectivity index (χ1) is 10.1. The van der Waals surface area contributed by atoms with Crippen LogP contribution in [-0.4, -0.2) is 48.7 Å². The Balaban J connectivity index is 1.87. The molecule has 1 fully saturated rings. The van der Waals surface area contributed by atoms with Crippen molar-refractivity contribution in [3.05, 3.63) is 11.8 Å². The molecule has 0 saturated carbocycles. The quantitative estimate of drug-likeness (QED) is 0.837. The van der Waals surface area contributed by atoms with E-state index in [9.17, 15) is 4.79 Å². The highest BCUT2D eigenvalue weighted by Crippen LogP contribution is 2.19. The van der Waals surface area contributed by atoms with Gasteiger partial charge in [0.25, 0.3) is 0 Å². The molecule has 1 amide bonds. The van der Waals surface area contributed by atoms with Gasteiger partial charge < -0.3 is 9.84 Å². The number of hydrogen-bond donors (Lipinski definition) is 2. The number of hydrogen-bond acceptors (Lipinski definition) is 5. The summed E-state index contributed by atoms with van der Waals surface area (Å²) in [7, 11) is 1.95. The fourth-order valence-electron chi connectivity index (χ4n) is 2.72. The summed E-state index contributed by atoms with van der Waals surface area (Å²) in [5.41, 5.74) is 0.858. The molecule has 1 saturated heterocycles. The van der Waals surface area contributed by atoms with Crippen LogP contribution in [0.4, 0.5) is 5.88 Å². The van der Waals surface area contributed by atoms with Crippen LogP contribution >= 0.6 is 0 Å². The van der Waals surface area contributed by atoms with Gasteiger partial charge in [-0.25, -0.2) is 0 Å². The Bertz CT molecular complexity index is 456. The molecule has 1 aromatic rings. The number of carbonyl (C=O) groups is 1. The van der Waals surface area contributed by atoms with Gasteiger partial charge in [0.15, 0.2) is 0 Å². The topological polar surface area (TPSA) is 70.4 Å². The summed E-state index contributed by atoms with van der Waals surface area (Å²) in [6, 6.07) is 2.24. The highest BCUT2D eigenvalue weighted by Gasteiger charge is 2.24. The average Bonchev–Trinajstić information content (AvgIpc) is 2.90. The summed E-state index contributed by atoms with van der Waals surface area (Å²) in [6.45, 7) is 6.39. The zero-order chi connectivity index (χ0) is 15.2. The number of carbonyl (C=O) groups excluding carboxylic acids is 1. The van der Waals surface area contributed by atoms with Gasteiger partial charge in [-0.1, -0.05) is 25.4 Å². The maximum Gasteiger partial charge on any atom is 0.240 e. The number of piperidine rings is 1. The predicted molar refractivity (Wildman–Crippen MR) is 82.4 cm³/mol. The van der Waals surface area contributed by atoms with E-state index in [2.05, 4.69) is 20.7 Å². The second-order valence-electron chi connectivity index (χ2n) is 6.00. The van der Waals surface area contributed by atoms with Crippen molar-refractivity contribution in [2.24, 2.45) is 0 Å². The maximum atomic E-state index is 12.1. The smallest absolute Gasteiger partial charge is 0.240 e. The van der Waals surface area contributed by atoms with E-state index >= 15 is 0 Å². The first kappa shape index (κ1) is 16.0. The minimum absolute atomic E-state index is 0.0375. The van der Waals surface area contributed by atoms with E-state index < -0.39 is 0 Å². The van der Waals surface area contributed by atoms with Crippen molar-refractivity contribution >= 4 is 11.8 Å². The molecule has 0 radical (unpaired) electrons. The van der Waals surface area contributed by atoms with Crippen LogP contribution in [-0.2, 0) is 4.79 Å². The molecule has 2 heterocycles. The number of rotatable bonds is 6. The molecule has 0 aromatic carbocycles. The molecule has 1 unspecified atom stereocenters. The van der Waals surface area contributed by atoms with Gasteiger partial charge in [0.2, 0.25) is 11.8 Å². The molecule has 1 atom stereocenters. The summed E-state index contributed by atoms with van der Waals surface area (Å²) < 4.78 is 5.15. The summed E-state index contributed by atoms with van der Waals surface area (Å²) in [6.07, 6.45) is 3.55. The number of amides is 1. The Hall–Kier alpha value is -1.40. The molecule has 1 aliphatic heterocycles. The van der Waals surface area contributed by atoms with Crippen molar-refractivity contribution < 1.29 is 9.32 Å². The van der Waals surface area contributed by atoms with Crippen LogP contribution in [0, 0.1) is 0 Å². The van der Waals surface area contributed by atoms with Crippen molar-refractivity contribution in [3.63, 3.8) is 0 Å². The van der Waals surface area contributed by atoms with Gasteiger partial charge in [-0.2, -0.15) is 0 Å². The summed E-state index contributed by atoms with van der Waals surface area (Å²) in [5, 5.41) is 9.95. The SMILES string of the molecule is CNCC1CCCCN1CC(=O)Nc1cc(C(C)C)no1. The Labute approximate surface area is 126 Å². The molecule has 2 rings (SSSR count). The number of nitrogens with zero attached hydrogens (tertiary/aromatic N) is 2. The molecule has 0 aliphatic carbocycles. The van der Waals surface area contributed by atoms with Gasteiger partial charge in [0, 0.05) is 18.7 Å². The second kappa shape index (κ2) is 7.56. The summed E-state index contributed by atoms with van der Waals surface area (Å²) in [4.78, 5) is 14.4. The Kier molecular flexibility index (Phi) is 5.76. The van der Waals surface area contributed by atoms with E-state index in [0.717, 1.165) is 31.6 Å². The highest BCUT2D eigenvalue weighted by atomic mass is 16.5. The number of likely N-dealkylation sites (N-methyl/N-ethyl adjacent to an activating group) is 1. The van der Waals surface area contributed by atoms with E-state index in [0.29, 0.717) is 24.4 Å². The van der Waals surface area contributed by atoms with E-state index in [1.807, 2.05) is 20.9 Å². The summed E-state index contributed by atoms with van der Waals surface area (Å²) >= 11 is 0. The minimum atomic E-state index is -0.0375. The van der Waals surface area contributed by atoms with Crippen molar-refractivity contribution in [2.45, 2.75) is 45.1 Å². The third-order valence-electron chi connectivity index (χ3n) is 3.92. The van der Waals surface area contributed by atoms with E-state index in [4.69, 9.17) is 4.52 Å². The van der Waals surface area contributed by atoms with Crippen LogP contribution in [0.5, 0.6) is 0 Å². The zero-order valence-corrected chi connectivity index (χ0v) is 13.2. The largest absolute Gasteiger partial charge is 0.338 e. The lowest BCUT2D eigenvalue weighted by Gasteiger charge is -2.34.